The second-order valence-electron chi connectivity index (χ2n) is 7.25. The van der Waals surface area contributed by atoms with Crippen LogP contribution in [0, 0.1) is 13.8 Å². The van der Waals surface area contributed by atoms with Gasteiger partial charge in [-0.3, -0.25) is 15.1 Å². The molecule has 5 nitrogen and oxygen atoms in total. The van der Waals surface area contributed by atoms with Gasteiger partial charge in [0.15, 0.2) is 0 Å². The summed E-state index contributed by atoms with van der Waals surface area (Å²) in [6, 6.07) is 19.8. The van der Waals surface area contributed by atoms with Crippen LogP contribution in [0.3, 0.4) is 0 Å². The maximum atomic E-state index is 12.6. The zero-order chi connectivity index (χ0) is 20.9. The molecule has 2 aromatic carbocycles. The highest BCUT2D eigenvalue weighted by Crippen LogP contribution is 2.39. The Balaban J connectivity index is 1.66. The number of aryl methyl sites for hydroxylation is 2. The number of nitrogens with one attached hydrogen (secondary N) is 1. The number of rotatable bonds is 6. The molecule has 30 heavy (non-hydrogen) atoms. The van der Waals surface area contributed by atoms with Gasteiger partial charge < -0.3 is 4.52 Å². The number of pyridine rings is 1. The molecule has 0 fully saturated rings. The van der Waals surface area contributed by atoms with Crippen molar-refractivity contribution in [1.82, 2.24) is 10.1 Å². The van der Waals surface area contributed by atoms with Gasteiger partial charge in [-0.2, -0.15) is 0 Å². The van der Waals surface area contributed by atoms with Crippen LogP contribution < -0.4 is 5.32 Å². The Morgan fingerprint density at radius 1 is 0.967 bits per heavy atom. The van der Waals surface area contributed by atoms with E-state index < -0.39 is 0 Å². The highest BCUT2D eigenvalue weighted by Gasteiger charge is 2.22. The molecule has 0 saturated carbocycles. The topological polar surface area (TPSA) is 68.0 Å². The Morgan fingerprint density at radius 3 is 2.50 bits per heavy atom. The lowest BCUT2D eigenvalue weighted by molar-refractivity contribution is -0.116. The first-order valence-corrected chi connectivity index (χ1v) is 9.94. The molecule has 0 radical (unpaired) electrons. The second-order valence-corrected chi connectivity index (χ2v) is 7.25. The summed E-state index contributed by atoms with van der Waals surface area (Å²) >= 11 is 0. The first kappa shape index (κ1) is 19.6. The molecule has 5 heteroatoms. The lowest BCUT2D eigenvalue weighted by Crippen LogP contribution is -2.12. The molecule has 0 aliphatic rings. The van der Waals surface area contributed by atoms with E-state index in [9.17, 15) is 4.79 Å². The van der Waals surface area contributed by atoms with Gasteiger partial charge >= 0.3 is 0 Å². The Hall–Kier alpha value is -3.73. The van der Waals surface area contributed by atoms with Gasteiger partial charge in [0.05, 0.1) is 5.56 Å². The minimum Gasteiger partial charge on any atom is -0.337 e. The summed E-state index contributed by atoms with van der Waals surface area (Å²) in [5, 5.41) is 7.24. The molecule has 1 amide bonds. The number of hydrogen-bond acceptors (Lipinski definition) is 4. The van der Waals surface area contributed by atoms with Gasteiger partial charge in [0.1, 0.15) is 5.69 Å². The monoisotopic (exact) mass is 397 g/mol. The molecular weight excluding hydrogens is 374 g/mol. The Kier molecular flexibility index (Phi) is 5.70. The van der Waals surface area contributed by atoms with Crippen LogP contribution in [-0.2, 0) is 11.2 Å². The van der Waals surface area contributed by atoms with Crippen molar-refractivity contribution in [1.29, 1.82) is 0 Å². The summed E-state index contributed by atoms with van der Waals surface area (Å²) in [7, 11) is 0. The maximum Gasteiger partial charge on any atom is 0.239 e. The number of nitrogens with zero attached hydrogens (tertiary/aromatic N) is 2. The van der Waals surface area contributed by atoms with Crippen molar-refractivity contribution in [3.8, 4) is 22.4 Å². The SMILES string of the molecule is Cc1cccc(-c2noc(NC(=O)CCc3ccccc3)c2-c2ccncc2)c1C. The smallest absolute Gasteiger partial charge is 0.239 e. The van der Waals surface area contributed by atoms with Crippen molar-refractivity contribution < 1.29 is 9.32 Å². The number of hydrogen-bond donors (Lipinski definition) is 1. The summed E-state index contributed by atoms with van der Waals surface area (Å²) in [5.41, 5.74) is 6.76. The van der Waals surface area contributed by atoms with E-state index in [4.69, 9.17) is 4.52 Å². The van der Waals surface area contributed by atoms with Gasteiger partial charge in [-0.15, -0.1) is 0 Å². The number of benzene rings is 2. The molecule has 0 unspecified atom stereocenters. The summed E-state index contributed by atoms with van der Waals surface area (Å²) in [4.78, 5) is 16.7. The number of carbonyl (C=O) groups excluding carboxylic acids is 1. The minimum atomic E-state index is -0.113. The molecular formula is C25H23N3O2. The van der Waals surface area contributed by atoms with Gasteiger partial charge in [-0.25, -0.2) is 0 Å². The molecule has 0 aliphatic carbocycles. The van der Waals surface area contributed by atoms with E-state index in [1.807, 2.05) is 54.6 Å². The summed E-state index contributed by atoms with van der Waals surface area (Å²) < 4.78 is 5.62. The fraction of sp³-hybridized carbons (Fsp3) is 0.160. The third-order valence-corrected chi connectivity index (χ3v) is 5.26. The minimum absolute atomic E-state index is 0.113. The van der Waals surface area contributed by atoms with E-state index in [0.29, 0.717) is 24.4 Å². The van der Waals surface area contributed by atoms with Crippen LogP contribution in [-0.4, -0.2) is 16.0 Å². The van der Waals surface area contributed by atoms with Crippen LogP contribution in [0.4, 0.5) is 5.88 Å². The molecule has 150 valence electrons. The lowest BCUT2D eigenvalue weighted by atomic mass is 9.96. The third kappa shape index (κ3) is 4.15. The average Bonchev–Trinajstić information content (AvgIpc) is 3.18. The number of aromatic nitrogens is 2. The van der Waals surface area contributed by atoms with Crippen molar-refractivity contribution >= 4 is 11.8 Å². The van der Waals surface area contributed by atoms with Gasteiger partial charge in [0.25, 0.3) is 0 Å². The van der Waals surface area contributed by atoms with E-state index in [2.05, 4.69) is 35.4 Å². The van der Waals surface area contributed by atoms with E-state index in [1.165, 1.54) is 5.56 Å². The fourth-order valence-electron chi connectivity index (χ4n) is 3.44. The third-order valence-electron chi connectivity index (χ3n) is 5.26. The average molecular weight is 397 g/mol. The van der Waals surface area contributed by atoms with Crippen molar-refractivity contribution in [3.05, 3.63) is 89.7 Å². The molecule has 2 heterocycles. The summed E-state index contributed by atoms with van der Waals surface area (Å²) in [6.45, 7) is 4.13. The second kappa shape index (κ2) is 8.74. The molecule has 2 aromatic heterocycles. The first-order valence-electron chi connectivity index (χ1n) is 9.94. The largest absolute Gasteiger partial charge is 0.337 e. The quantitative estimate of drug-likeness (QED) is 0.460. The fourth-order valence-corrected chi connectivity index (χ4v) is 3.44. The number of anilines is 1. The lowest BCUT2D eigenvalue weighted by Gasteiger charge is -2.09. The van der Waals surface area contributed by atoms with Crippen LogP contribution in [0.25, 0.3) is 22.4 Å². The van der Waals surface area contributed by atoms with Crippen LogP contribution in [0.5, 0.6) is 0 Å². The first-order chi connectivity index (χ1) is 14.6. The van der Waals surface area contributed by atoms with E-state index in [0.717, 1.165) is 27.8 Å². The molecule has 0 spiro atoms. The van der Waals surface area contributed by atoms with E-state index >= 15 is 0 Å². The van der Waals surface area contributed by atoms with Crippen molar-refractivity contribution in [2.24, 2.45) is 0 Å². The van der Waals surface area contributed by atoms with Gasteiger partial charge in [0, 0.05) is 24.4 Å². The molecule has 4 rings (SSSR count). The summed E-state index contributed by atoms with van der Waals surface area (Å²) in [6.07, 6.45) is 4.46. The van der Waals surface area contributed by atoms with Crippen molar-refractivity contribution in [2.75, 3.05) is 5.32 Å². The molecule has 1 N–H and O–H groups in total. The summed E-state index contributed by atoms with van der Waals surface area (Å²) in [5.74, 6) is 0.244. The van der Waals surface area contributed by atoms with Crippen LogP contribution in [0.1, 0.15) is 23.1 Å². The van der Waals surface area contributed by atoms with E-state index in [-0.39, 0.29) is 5.91 Å². The van der Waals surface area contributed by atoms with Crippen molar-refractivity contribution in [3.63, 3.8) is 0 Å². The predicted octanol–water partition coefficient (Wildman–Crippen LogP) is 5.59. The zero-order valence-corrected chi connectivity index (χ0v) is 17.1. The molecule has 0 saturated heterocycles. The van der Waals surface area contributed by atoms with E-state index in [1.54, 1.807) is 12.4 Å². The molecule has 0 aliphatic heterocycles. The predicted molar refractivity (Wildman–Crippen MR) is 118 cm³/mol. The molecule has 0 bridgehead atoms. The standard InChI is InChI=1S/C25H23N3O2/c1-17-7-6-10-21(18(17)2)24-23(20-13-15-26-16-14-20)25(30-28-24)27-22(29)12-11-19-8-4-3-5-9-19/h3-10,13-16H,11-12H2,1-2H3,(H,27,29). The number of amides is 1. The zero-order valence-electron chi connectivity index (χ0n) is 17.1. The van der Waals surface area contributed by atoms with Gasteiger partial charge in [-0.1, -0.05) is 53.7 Å². The normalized spacial score (nSPS) is 10.7. The Labute approximate surface area is 175 Å². The Bertz CT molecular complexity index is 1150. The number of carbonyl (C=O) groups is 1. The highest BCUT2D eigenvalue weighted by molar-refractivity contribution is 5.97. The van der Waals surface area contributed by atoms with Crippen molar-refractivity contribution in [2.45, 2.75) is 26.7 Å². The van der Waals surface area contributed by atoms with Gasteiger partial charge in [-0.05, 0) is 54.7 Å². The van der Waals surface area contributed by atoms with Gasteiger partial charge in [0.2, 0.25) is 11.8 Å². The van der Waals surface area contributed by atoms with Crippen LogP contribution in [0.15, 0.2) is 77.6 Å². The Morgan fingerprint density at radius 2 is 1.73 bits per heavy atom. The molecule has 4 aromatic rings. The van der Waals surface area contributed by atoms with Crippen LogP contribution >= 0.6 is 0 Å². The maximum absolute atomic E-state index is 12.6. The highest BCUT2D eigenvalue weighted by atomic mass is 16.5. The van der Waals surface area contributed by atoms with Crippen LogP contribution in [0.2, 0.25) is 0 Å². The molecule has 0 atom stereocenters.